The summed E-state index contributed by atoms with van der Waals surface area (Å²) in [6, 6.07) is 18.5. The van der Waals surface area contributed by atoms with Crippen LogP contribution in [0.15, 0.2) is 65.6 Å². The molecule has 2 N–H and O–H groups in total. The van der Waals surface area contributed by atoms with Crippen molar-refractivity contribution < 1.29 is 27.4 Å². The van der Waals surface area contributed by atoms with E-state index < -0.39 is 10.0 Å². The van der Waals surface area contributed by atoms with Gasteiger partial charge in [0.1, 0.15) is 17.6 Å². The quantitative estimate of drug-likeness (QED) is 0.534. The second kappa shape index (κ2) is 8.77. The lowest BCUT2D eigenvalue weighted by molar-refractivity contribution is -0.141. The fraction of sp³-hybridized carbons (Fsp3) is 0.269. The zero-order chi connectivity index (χ0) is 23.9. The monoisotopic (exact) mass is 479 g/mol. The van der Waals surface area contributed by atoms with Crippen LogP contribution in [0.2, 0.25) is 0 Å². The Hall–Kier alpha value is -3.36. The number of primary sulfonamides is 1. The summed E-state index contributed by atoms with van der Waals surface area (Å²) in [5.74, 6) is 1.21. The van der Waals surface area contributed by atoms with E-state index in [-0.39, 0.29) is 22.9 Å². The molecule has 0 amide bonds. The Labute approximate surface area is 198 Å². The normalized spacial score (nSPS) is 18.6. The Morgan fingerprint density at radius 3 is 2.62 bits per heavy atom. The standard InChI is InChI=1S/C26H25NO6S/c1-31-26(28)13-17-15-32-25-14-18(7-10-21(17)25)33-24-12-11-22-20(3-2-4-23(22)24)16-5-8-19(9-6-16)34(27,29)30/h2-10,14,17,24H,11-13,15H2,1H3,(H2,27,29,30)/t17-,24-/m1/s1. The Morgan fingerprint density at radius 2 is 1.88 bits per heavy atom. The lowest BCUT2D eigenvalue weighted by Gasteiger charge is -2.17. The molecule has 5 rings (SSSR count). The van der Waals surface area contributed by atoms with Gasteiger partial charge in [0, 0.05) is 17.5 Å². The van der Waals surface area contributed by atoms with Crippen molar-refractivity contribution in [2.45, 2.75) is 36.2 Å². The SMILES string of the molecule is COC(=O)C[C@@H]1COc2cc(O[C@@H]3CCc4c(-c5ccc(S(N)(=O)=O)cc5)cccc43)ccc21. The van der Waals surface area contributed by atoms with E-state index in [0.717, 1.165) is 46.6 Å². The van der Waals surface area contributed by atoms with Crippen molar-refractivity contribution in [3.05, 3.63) is 77.4 Å². The van der Waals surface area contributed by atoms with Gasteiger partial charge in [-0.15, -0.1) is 0 Å². The molecule has 0 spiro atoms. The largest absolute Gasteiger partial charge is 0.492 e. The molecule has 8 heteroatoms. The number of nitrogens with two attached hydrogens (primary N) is 1. The molecule has 0 bridgehead atoms. The molecule has 0 saturated heterocycles. The molecule has 34 heavy (non-hydrogen) atoms. The second-order valence-electron chi connectivity index (χ2n) is 8.58. The van der Waals surface area contributed by atoms with Crippen LogP contribution >= 0.6 is 0 Å². The third-order valence-electron chi connectivity index (χ3n) is 6.49. The van der Waals surface area contributed by atoms with Crippen molar-refractivity contribution in [2.24, 2.45) is 5.14 Å². The first-order chi connectivity index (χ1) is 16.3. The molecule has 176 valence electrons. The van der Waals surface area contributed by atoms with Crippen LogP contribution in [0.5, 0.6) is 11.5 Å². The van der Waals surface area contributed by atoms with Crippen LogP contribution in [-0.4, -0.2) is 28.1 Å². The van der Waals surface area contributed by atoms with Crippen LogP contribution in [0.3, 0.4) is 0 Å². The minimum absolute atomic E-state index is 0.00749. The number of fused-ring (bicyclic) bond motifs is 2. The number of benzene rings is 3. The summed E-state index contributed by atoms with van der Waals surface area (Å²) in [7, 11) is -2.34. The van der Waals surface area contributed by atoms with Crippen LogP contribution in [0, 0.1) is 0 Å². The topological polar surface area (TPSA) is 105 Å². The molecule has 0 saturated carbocycles. The first-order valence-corrected chi connectivity index (χ1v) is 12.6. The summed E-state index contributed by atoms with van der Waals surface area (Å²) in [6.07, 6.45) is 1.89. The lowest BCUT2D eigenvalue weighted by atomic mass is 9.97. The van der Waals surface area contributed by atoms with Gasteiger partial charge in [0.25, 0.3) is 0 Å². The maximum absolute atomic E-state index is 11.6. The Bertz CT molecular complexity index is 1350. The highest BCUT2D eigenvalue weighted by atomic mass is 32.2. The summed E-state index contributed by atoms with van der Waals surface area (Å²) < 4.78 is 40.1. The summed E-state index contributed by atoms with van der Waals surface area (Å²) in [4.78, 5) is 11.7. The highest BCUT2D eigenvalue weighted by Crippen LogP contribution is 2.43. The highest BCUT2D eigenvalue weighted by molar-refractivity contribution is 7.89. The van der Waals surface area contributed by atoms with Gasteiger partial charge in [-0.1, -0.05) is 36.4 Å². The van der Waals surface area contributed by atoms with Gasteiger partial charge in [0.2, 0.25) is 10.0 Å². The summed E-state index contributed by atoms with van der Waals surface area (Å²) >= 11 is 0. The van der Waals surface area contributed by atoms with E-state index in [1.54, 1.807) is 12.1 Å². The Balaban J connectivity index is 1.36. The molecule has 0 fully saturated rings. The van der Waals surface area contributed by atoms with Crippen molar-refractivity contribution in [3.8, 4) is 22.6 Å². The fourth-order valence-electron chi connectivity index (χ4n) is 4.78. The van der Waals surface area contributed by atoms with Gasteiger partial charge >= 0.3 is 5.97 Å². The van der Waals surface area contributed by atoms with Crippen molar-refractivity contribution in [1.82, 2.24) is 0 Å². The summed E-state index contributed by atoms with van der Waals surface area (Å²) in [5, 5.41) is 5.22. The number of sulfonamides is 1. The zero-order valence-corrected chi connectivity index (χ0v) is 19.5. The van der Waals surface area contributed by atoms with Crippen LogP contribution in [0.1, 0.15) is 41.6 Å². The van der Waals surface area contributed by atoms with Crippen molar-refractivity contribution in [2.75, 3.05) is 13.7 Å². The van der Waals surface area contributed by atoms with Crippen molar-refractivity contribution in [1.29, 1.82) is 0 Å². The number of hydrogen-bond acceptors (Lipinski definition) is 6. The molecule has 7 nitrogen and oxygen atoms in total. The van der Waals surface area contributed by atoms with Gasteiger partial charge < -0.3 is 14.2 Å². The molecule has 0 aromatic heterocycles. The molecule has 2 aliphatic rings. The van der Waals surface area contributed by atoms with E-state index in [1.807, 2.05) is 30.3 Å². The van der Waals surface area contributed by atoms with Crippen LogP contribution in [0.25, 0.3) is 11.1 Å². The third kappa shape index (κ3) is 4.26. The van der Waals surface area contributed by atoms with Crippen LogP contribution < -0.4 is 14.6 Å². The molecule has 1 aliphatic heterocycles. The maximum atomic E-state index is 11.6. The second-order valence-corrected chi connectivity index (χ2v) is 10.1. The predicted octanol–water partition coefficient (Wildman–Crippen LogP) is 4.11. The minimum Gasteiger partial charge on any atom is -0.492 e. The van der Waals surface area contributed by atoms with Gasteiger partial charge in [-0.3, -0.25) is 4.79 Å². The molecule has 1 heterocycles. The molecular weight excluding hydrogens is 454 g/mol. The smallest absolute Gasteiger partial charge is 0.306 e. The Morgan fingerprint density at radius 1 is 1.09 bits per heavy atom. The van der Waals surface area contributed by atoms with Crippen LogP contribution in [-0.2, 0) is 26.0 Å². The first-order valence-electron chi connectivity index (χ1n) is 11.1. The van der Waals surface area contributed by atoms with Gasteiger partial charge in [-0.05, 0) is 53.3 Å². The highest BCUT2D eigenvalue weighted by Gasteiger charge is 2.29. The number of ether oxygens (including phenoxy) is 3. The molecule has 2 atom stereocenters. The molecule has 3 aromatic carbocycles. The number of carbonyl (C=O) groups excluding carboxylic acids is 1. The van der Waals surface area contributed by atoms with Gasteiger partial charge in [-0.25, -0.2) is 13.6 Å². The number of esters is 1. The number of methoxy groups -OCH3 is 1. The summed E-state index contributed by atoms with van der Waals surface area (Å²) in [5.41, 5.74) is 5.32. The van der Waals surface area contributed by atoms with E-state index in [4.69, 9.17) is 19.3 Å². The summed E-state index contributed by atoms with van der Waals surface area (Å²) in [6.45, 7) is 0.452. The first kappa shape index (κ1) is 22.4. The molecule has 0 radical (unpaired) electrons. The molecule has 1 aliphatic carbocycles. The predicted molar refractivity (Wildman–Crippen MR) is 126 cm³/mol. The Kier molecular flexibility index (Phi) is 5.79. The molecule has 3 aromatic rings. The van der Waals surface area contributed by atoms with E-state index in [9.17, 15) is 13.2 Å². The average Bonchev–Trinajstić information content (AvgIpc) is 3.42. The van der Waals surface area contributed by atoms with Gasteiger partial charge in [0.15, 0.2) is 0 Å². The van der Waals surface area contributed by atoms with Crippen LogP contribution in [0.4, 0.5) is 0 Å². The number of hydrogen-bond donors (Lipinski definition) is 1. The maximum Gasteiger partial charge on any atom is 0.306 e. The third-order valence-corrected chi connectivity index (χ3v) is 7.42. The minimum atomic E-state index is -3.73. The zero-order valence-electron chi connectivity index (χ0n) is 18.7. The van der Waals surface area contributed by atoms with E-state index in [0.29, 0.717) is 13.0 Å². The van der Waals surface area contributed by atoms with Crippen molar-refractivity contribution in [3.63, 3.8) is 0 Å². The van der Waals surface area contributed by atoms with Gasteiger partial charge in [-0.2, -0.15) is 0 Å². The van der Waals surface area contributed by atoms with E-state index in [1.165, 1.54) is 24.8 Å². The fourth-order valence-corrected chi connectivity index (χ4v) is 5.30. The average molecular weight is 480 g/mol. The van der Waals surface area contributed by atoms with Gasteiger partial charge in [0.05, 0.1) is 25.0 Å². The molecule has 0 unspecified atom stereocenters. The van der Waals surface area contributed by atoms with E-state index in [2.05, 4.69) is 6.07 Å². The number of rotatable bonds is 6. The van der Waals surface area contributed by atoms with Crippen molar-refractivity contribution >= 4 is 16.0 Å². The lowest BCUT2D eigenvalue weighted by Crippen LogP contribution is -2.11. The molecular formula is C26H25NO6S. The van der Waals surface area contributed by atoms with E-state index >= 15 is 0 Å². The number of carbonyl (C=O) groups is 1.